The number of hydrogen-bond acceptors (Lipinski definition) is 1. The lowest BCUT2D eigenvalue weighted by molar-refractivity contribution is -0.914. The highest BCUT2D eigenvalue weighted by atomic mass is 15.3. The molecule has 0 N–H and O–H groups in total. The van der Waals surface area contributed by atoms with Crippen LogP contribution in [-0.4, -0.2) is 55.7 Å². The molecule has 0 bridgehead atoms. The van der Waals surface area contributed by atoms with Gasteiger partial charge in [-0.15, -0.1) is 0 Å². The van der Waals surface area contributed by atoms with Gasteiger partial charge in [-0.3, -0.25) is 0 Å². The monoisotopic (exact) mass is 297 g/mol. The van der Waals surface area contributed by atoms with Crippen molar-refractivity contribution in [1.29, 1.82) is 0 Å². The average Bonchev–Trinajstić information content (AvgIpc) is 2.43. The quantitative estimate of drug-likeness (QED) is 0.688. The molecule has 2 saturated heterocycles. The van der Waals surface area contributed by atoms with E-state index in [-0.39, 0.29) is 0 Å². The summed E-state index contributed by atoms with van der Waals surface area (Å²) in [5.41, 5.74) is 0.615. The van der Waals surface area contributed by atoms with E-state index in [0.29, 0.717) is 5.41 Å². The normalized spacial score (nSPS) is 25.0. The maximum absolute atomic E-state index is 2.59. The summed E-state index contributed by atoms with van der Waals surface area (Å²) in [6, 6.07) is 0. The van der Waals surface area contributed by atoms with E-state index < -0.39 is 0 Å². The van der Waals surface area contributed by atoms with Crippen LogP contribution in [0.3, 0.4) is 0 Å². The van der Waals surface area contributed by atoms with E-state index in [1.807, 2.05) is 0 Å². The predicted octanol–water partition coefficient (Wildman–Crippen LogP) is 4.55. The van der Waals surface area contributed by atoms with Crippen LogP contribution >= 0.6 is 0 Å². The van der Waals surface area contributed by atoms with Gasteiger partial charge in [0.1, 0.15) is 0 Å². The Labute approximate surface area is 134 Å². The third kappa shape index (κ3) is 7.65. The first-order valence-corrected chi connectivity index (χ1v) is 9.47. The van der Waals surface area contributed by atoms with Crippen molar-refractivity contribution in [3.05, 3.63) is 0 Å². The van der Waals surface area contributed by atoms with Gasteiger partial charge in [-0.05, 0) is 70.0 Å². The Morgan fingerprint density at radius 3 is 1.95 bits per heavy atom. The molecule has 0 amide bonds. The average molecular weight is 298 g/mol. The highest BCUT2D eigenvalue weighted by molar-refractivity contribution is 4.77. The lowest BCUT2D eigenvalue weighted by Gasteiger charge is -2.37. The number of quaternary nitrogens is 1. The molecular formula is C19H41N2+. The molecular weight excluding hydrogens is 256 g/mol. The second-order valence-electron chi connectivity index (χ2n) is 8.36. The van der Waals surface area contributed by atoms with Crippen molar-refractivity contribution in [1.82, 2.24) is 4.90 Å². The Morgan fingerprint density at radius 1 is 0.905 bits per heavy atom. The summed E-state index contributed by atoms with van der Waals surface area (Å²) >= 11 is 0. The topological polar surface area (TPSA) is 3.24 Å². The van der Waals surface area contributed by atoms with Crippen molar-refractivity contribution >= 4 is 0 Å². The zero-order valence-corrected chi connectivity index (χ0v) is 15.6. The summed E-state index contributed by atoms with van der Waals surface area (Å²) in [4.78, 5) is 2.59. The lowest BCUT2D eigenvalue weighted by atomic mass is 9.83. The molecule has 0 spiro atoms. The highest BCUT2D eigenvalue weighted by Gasteiger charge is 2.24. The van der Waals surface area contributed by atoms with Crippen LogP contribution in [0.2, 0.25) is 0 Å². The van der Waals surface area contributed by atoms with Crippen LogP contribution in [0.15, 0.2) is 0 Å². The molecule has 0 aliphatic carbocycles. The van der Waals surface area contributed by atoms with Gasteiger partial charge in [-0.25, -0.2) is 0 Å². The number of hydrogen-bond donors (Lipinski definition) is 0. The van der Waals surface area contributed by atoms with Crippen LogP contribution in [0.1, 0.15) is 72.6 Å². The number of nitrogens with zero attached hydrogens (tertiary/aromatic N) is 2. The summed E-state index contributed by atoms with van der Waals surface area (Å²) in [5, 5.41) is 0. The van der Waals surface area contributed by atoms with Gasteiger partial charge in [0.25, 0.3) is 0 Å². The third-order valence-electron chi connectivity index (χ3n) is 5.41. The Morgan fingerprint density at radius 2 is 1.48 bits per heavy atom. The summed E-state index contributed by atoms with van der Waals surface area (Å²) in [5.74, 6) is 0. The molecule has 2 nitrogen and oxygen atoms in total. The van der Waals surface area contributed by atoms with Crippen LogP contribution < -0.4 is 0 Å². The Balaban J connectivity index is 0.000000211. The largest absolute Gasteiger partial charge is 0.326 e. The third-order valence-corrected chi connectivity index (χ3v) is 5.41. The van der Waals surface area contributed by atoms with Crippen molar-refractivity contribution in [2.45, 2.75) is 72.6 Å². The van der Waals surface area contributed by atoms with Crippen molar-refractivity contribution in [3.8, 4) is 0 Å². The van der Waals surface area contributed by atoms with E-state index in [9.17, 15) is 0 Å². The van der Waals surface area contributed by atoms with E-state index in [4.69, 9.17) is 0 Å². The van der Waals surface area contributed by atoms with Crippen molar-refractivity contribution in [2.75, 3.05) is 46.3 Å². The van der Waals surface area contributed by atoms with E-state index in [0.717, 1.165) is 0 Å². The minimum Gasteiger partial charge on any atom is -0.326 e. The zero-order chi connectivity index (χ0) is 15.8. The molecule has 2 aliphatic heterocycles. The van der Waals surface area contributed by atoms with Crippen LogP contribution in [0.4, 0.5) is 0 Å². The molecule has 2 heteroatoms. The highest BCUT2D eigenvalue weighted by Crippen LogP contribution is 2.29. The molecule has 2 rings (SSSR count). The summed E-state index contributed by atoms with van der Waals surface area (Å²) in [6.45, 7) is 17.5. The van der Waals surface area contributed by atoms with Crippen molar-refractivity contribution < 1.29 is 4.48 Å². The van der Waals surface area contributed by atoms with Crippen LogP contribution in [-0.2, 0) is 0 Å². The molecule has 0 aromatic heterocycles. The van der Waals surface area contributed by atoms with Gasteiger partial charge >= 0.3 is 0 Å². The predicted molar refractivity (Wildman–Crippen MR) is 94.7 cm³/mol. The number of rotatable bonds is 4. The Hall–Kier alpha value is -0.0800. The minimum absolute atomic E-state index is 0.615. The fourth-order valence-corrected chi connectivity index (χ4v) is 3.74. The van der Waals surface area contributed by atoms with E-state index >= 15 is 0 Å². The summed E-state index contributed by atoms with van der Waals surface area (Å²) in [6.07, 6.45) is 9.79. The second-order valence-corrected chi connectivity index (χ2v) is 8.36. The van der Waals surface area contributed by atoms with Gasteiger partial charge in [0.05, 0.1) is 26.7 Å². The molecule has 126 valence electrons. The summed E-state index contributed by atoms with van der Waals surface area (Å²) < 4.78 is 1.34. The standard InChI is InChI=1S/C10H21N.C9H20N/c1-4-7-11-8-5-10(2,3)6-9-11;1-3-7-10(2)8-5-4-6-9-10/h4-9H2,1-3H3;3-9H2,1-2H3/q;+1. The van der Waals surface area contributed by atoms with Crippen LogP contribution in [0.25, 0.3) is 0 Å². The molecule has 0 aromatic carbocycles. The fourth-order valence-electron chi connectivity index (χ4n) is 3.74. The first-order valence-electron chi connectivity index (χ1n) is 9.47. The van der Waals surface area contributed by atoms with Crippen LogP contribution in [0.5, 0.6) is 0 Å². The number of likely N-dealkylation sites (tertiary alicyclic amines) is 2. The van der Waals surface area contributed by atoms with Crippen molar-refractivity contribution in [3.63, 3.8) is 0 Å². The molecule has 0 saturated carbocycles. The van der Waals surface area contributed by atoms with Crippen LogP contribution in [0, 0.1) is 5.41 Å². The maximum atomic E-state index is 2.59. The Kier molecular flexibility index (Phi) is 8.26. The van der Waals surface area contributed by atoms with E-state index in [1.54, 1.807) is 0 Å². The SMILES string of the molecule is CCCN1CCC(C)(C)CC1.CCC[N+]1(C)CCCCC1. The van der Waals surface area contributed by atoms with Gasteiger partial charge in [-0.2, -0.15) is 0 Å². The van der Waals surface area contributed by atoms with Gasteiger partial charge in [0, 0.05) is 0 Å². The van der Waals surface area contributed by atoms with Gasteiger partial charge < -0.3 is 9.38 Å². The van der Waals surface area contributed by atoms with Crippen molar-refractivity contribution in [2.24, 2.45) is 5.41 Å². The first-order chi connectivity index (χ1) is 9.91. The zero-order valence-electron chi connectivity index (χ0n) is 15.6. The molecule has 0 radical (unpaired) electrons. The molecule has 0 atom stereocenters. The van der Waals surface area contributed by atoms with E-state index in [2.05, 4.69) is 39.6 Å². The fraction of sp³-hybridized carbons (Fsp3) is 1.00. The number of piperidine rings is 2. The van der Waals surface area contributed by atoms with E-state index in [1.165, 1.54) is 88.7 Å². The first kappa shape index (κ1) is 19.0. The molecule has 2 heterocycles. The molecule has 2 aliphatic rings. The van der Waals surface area contributed by atoms with Gasteiger partial charge in [0.2, 0.25) is 0 Å². The summed E-state index contributed by atoms with van der Waals surface area (Å²) in [7, 11) is 2.41. The molecule has 0 unspecified atom stereocenters. The maximum Gasteiger partial charge on any atom is 0.0784 e. The van der Waals surface area contributed by atoms with Gasteiger partial charge in [0.15, 0.2) is 0 Å². The second kappa shape index (κ2) is 9.15. The Bertz CT molecular complexity index is 251. The minimum atomic E-state index is 0.615. The molecule has 2 fully saturated rings. The molecule has 21 heavy (non-hydrogen) atoms. The lowest BCUT2D eigenvalue weighted by Crippen LogP contribution is -2.48. The van der Waals surface area contributed by atoms with Gasteiger partial charge in [-0.1, -0.05) is 27.7 Å². The molecule has 0 aromatic rings. The smallest absolute Gasteiger partial charge is 0.0784 e.